The zero-order chi connectivity index (χ0) is 12.1. The van der Waals surface area contributed by atoms with Crippen molar-refractivity contribution in [1.29, 1.82) is 0 Å². The van der Waals surface area contributed by atoms with Crippen LogP contribution in [0.2, 0.25) is 0 Å². The number of nitrogens with zero attached hydrogens (tertiary/aromatic N) is 2. The molecular weight excluding hydrogens is 216 g/mol. The Morgan fingerprint density at radius 2 is 1.82 bits per heavy atom. The molecule has 0 fully saturated rings. The van der Waals surface area contributed by atoms with E-state index in [-0.39, 0.29) is 5.69 Å². The molecule has 0 N–H and O–H groups in total. The van der Waals surface area contributed by atoms with Gasteiger partial charge in [0.1, 0.15) is 0 Å². The van der Waals surface area contributed by atoms with Gasteiger partial charge in [-0.15, -0.1) is 0 Å². The molecule has 0 bridgehead atoms. The molecular formula is C13H10N2O2. The van der Waals surface area contributed by atoms with Gasteiger partial charge in [-0.05, 0) is 11.6 Å². The Labute approximate surface area is 98.4 Å². The molecule has 0 saturated carbocycles. The summed E-state index contributed by atoms with van der Waals surface area (Å²) in [6.07, 6.45) is 1.68. The highest BCUT2D eigenvalue weighted by atomic mass is 16.6. The highest BCUT2D eigenvalue weighted by Crippen LogP contribution is 2.19. The number of rotatable bonds is 3. The molecule has 0 amide bonds. The maximum Gasteiger partial charge on any atom is 0.271 e. The summed E-state index contributed by atoms with van der Waals surface area (Å²) in [5.41, 5.74) is 1.58. The van der Waals surface area contributed by atoms with Crippen molar-refractivity contribution >= 4 is 17.6 Å². The predicted octanol–water partition coefficient (Wildman–Crippen LogP) is 3.35. The van der Waals surface area contributed by atoms with Gasteiger partial charge in [0.15, 0.2) is 0 Å². The molecule has 0 aromatic heterocycles. The highest BCUT2D eigenvalue weighted by Gasteiger charge is 2.03. The van der Waals surface area contributed by atoms with Crippen LogP contribution in [0.25, 0.3) is 0 Å². The maximum atomic E-state index is 10.6. The van der Waals surface area contributed by atoms with Crippen LogP contribution in [0.15, 0.2) is 59.6 Å². The number of non-ortho nitro benzene ring substituents is 1. The Balaban J connectivity index is 2.22. The minimum absolute atomic E-state index is 0.0488. The number of hydrogen-bond acceptors (Lipinski definition) is 3. The van der Waals surface area contributed by atoms with Crippen molar-refractivity contribution in [3.63, 3.8) is 0 Å². The van der Waals surface area contributed by atoms with E-state index in [1.807, 2.05) is 30.3 Å². The second-order valence-corrected chi connectivity index (χ2v) is 3.45. The van der Waals surface area contributed by atoms with Crippen LogP contribution in [0.5, 0.6) is 0 Å². The van der Waals surface area contributed by atoms with Crippen LogP contribution < -0.4 is 0 Å². The third-order valence-electron chi connectivity index (χ3n) is 2.20. The van der Waals surface area contributed by atoms with Gasteiger partial charge in [-0.3, -0.25) is 15.1 Å². The molecule has 0 unspecified atom stereocenters. The third-order valence-corrected chi connectivity index (χ3v) is 2.20. The summed E-state index contributed by atoms with van der Waals surface area (Å²) in [5.74, 6) is 0. The van der Waals surface area contributed by atoms with E-state index >= 15 is 0 Å². The molecule has 0 aliphatic carbocycles. The largest absolute Gasteiger partial charge is 0.271 e. The smallest absolute Gasteiger partial charge is 0.258 e. The van der Waals surface area contributed by atoms with E-state index in [4.69, 9.17) is 0 Å². The first kappa shape index (κ1) is 11.0. The van der Waals surface area contributed by atoms with Crippen LogP contribution >= 0.6 is 0 Å². The van der Waals surface area contributed by atoms with Crippen molar-refractivity contribution in [2.45, 2.75) is 0 Å². The quantitative estimate of drug-likeness (QED) is 0.458. The Bertz CT molecular complexity index is 550. The fourth-order valence-corrected chi connectivity index (χ4v) is 1.38. The van der Waals surface area contributed by atoms with E-state index in [2.05, 4.69) is 4.99 Å². The first-order chi connectivity index (χ1) is 8.25. The number of nitro groups is 1. The molecule has 0 heterocycles. The van der Waals surface area contributed by atoms with E-state index in [1.165, 1.54) is 12.1 Å². The van der Waals surface area contributed by atoms with E-state index in [0.29, 0.717) is 5.69 Å². The Kier molecular flexibility index (Phi) is 3.25. The molecule has 2 aromatic rings. The molecule has 0 spiro atoms. The summed E-state index contributed by atoms with van der Waals surface area (Å²) in [6, 6.07) is 15.8. The van der Waals surface area contributed by atoms with Crippen molar-refractivity contribution in [2.24, 2.45) is 4.99 Å². The van der Waals surface area contributed by atoms with Gasteiger partial charge in [0.25, 0.3) is 5.69 Å². The van der Waals surface area contributed by atoms with Gasteiger partial charge >= 0.3 is 0 Å². The number of benzene rings is 2. The lowest BCUT2D eigenvalue weighted by atomic mass is 10.2. The Hall–Kier alpha value is -2.49. The van der Waals surface area contributed by atoms with Gasteiger partial charge in [-0.1, -0.05) is 36.4 Å². The van der Waals surface area contributed by atoms with E-state index in [9.17, 15) is 10.1 Å². The van der Waals surface area contributed by atoms with Gasteiger partial charge in [-0.25, -0.2) is 0 Å². The van der Waals surface area contributed by atoms with Gasteiger partial charge in [-0.2, -0.15) is 0 Å². The lowest BCUT2D eigenvalue weighted by Gasteiger charge is -1.94. The van der Waals surface area contributed by atoms with Crippen molar-refractivity contribution in [3.8, 4) is 0 Å². The predicted molar refractivity (Wildman–Crippen MR) is 66.8 cm³/mol. The minimum Gasteiger partial charge on any atom is -0.258 e. The van der Waals surface area contributed by atoms with Crippen molar-refractivity contribution in [1.82, 2.24) is 0 Å². The molecule has 0 radical (unpaired) electrons. The average Bonchev–Trinajstić information content (AvgIpc) is 2.38. The molecule has 0 saturated heterocycles. The summed E-state index contributed by atoms with van der Waals surface area (Å²) in [7, 11) is 0. The molecule has 2 rings (SSSR count). The topological polar surface area (TPSA) is 55.5 Å². The molecule has 84 valence electrons. The summed E-state index contributed by atoms with van der Waals surface area (Å²) < 4.78 is 0. The summed E-state index contributed by atoms with van der Waals surface area (Å²) in [4.78, 5) is 14.3. The van der Waals surface area contributed by atoms with Gasteiger partial charge < -0.3 is 0 Å². The molecule has 0 atom stereocenters. The van der Waals surface area contributed by atoms with E-state index < -0.39 is 4.92 Å². The van der Waals surface area contributed by atoms with Crippen LogP contribution in [0, 0.1) is 10.1 Å². The first-order valence-electron chi connectivity index (χ1n) is 5.09. The first-order valence-corrected chi connectivity index (χ1v) is 5.09. The third kappa shape index (κ3) is 2.98. The Morgan fingerprint density at radius 3 is 2.53 bits per heavy atom. The average molecular weight is 226 g/mol. The lowest BCUT2D eigenvalue weighted by molar-refractivity contribution is -0.384. The monoisotopic (exact) mass is 226 g/mol. The van der Waals surface area contributed by atoms with Crippen LogP contribution in [0.3, 0.4) is 0 Å². The van der Waals surface area contributed by atoms with Crippen LogP contribution in [-0.2, 0) is 0 Å². The summed E-state index contributed by atoms with van der Waals surface area (Å²) in [5, 5.41) is 10.6. The lowest BCUT2D eigenvalue weighted by Crippen LogP contribution is -1.86. The van der Waals surface area contributed by atoms with Gasteiger partial charge in [0.2, 0.25) is 0 Å². The van der Waals surface area contributed by atoms with Crippen LogP contribution in [0.1, 0.15) is 5.56 Å². The summed E-state index contributed by atoms with van der Waals surface area (Å²) >= 11 is 0. The second kappa shape index (κ2) is 5.03. The van der Waals surface area contributed by atoms with Gasteiger partial charge in [0.05, 0.1) is 10.6 Å². The highest BCUT2D eigenvalue weighted by molar-refractivity contribution is 5.81. The zero-order valence-corrected chi connectivity index (χ0v) is 8.98. The number of aliphatic imine (C=N–C) groups is 1. The maximum absolute atomic E-state index is 10.6. The number of nitro benzene ring substituents is 1. The fraction of sp³-hybridized carbons (Fsp3) is 0. The minimum atomic E-state index is -0.429. The molecule has 4 heteroatoms. The molecule has 2 aromatic carbocycles. The molecule has 17 heavy (non-hydrogen) atoms. The molecule has 4 nitrogen and oxygen atoms in total. The fourth-order valence-electron chi connectivity index (χ4n) is 1.38. The van der Waals surface area contributed by atoms with Gasteiger partial charge in [0, 0.05) is 18.3 Å². The summed E-state index contributed by atoms with van der Waals surface area (Å²) in [6.45, 7) is 0. The van der Waals surface area contributed by atoms with E-state index in [0.717, 1.165) is 5.56 Å². The SMILES string of the molecule is O=[N+]([O-])c1cccc(/N=C/c2ccccc2)c1. The normalized spacial score (nSPS) is 10.6. The van der Waals surface area contributed by atoms with Crippen LogP contribution in [-0.4, -0.2) is 11.1 Å². The standard InChI is InChI=1S/C13H10N2O2/c16-15(17)13-8-4-7-12(9-13)14-10-11-5-2-1-3-6-11/h1-10H/b14-10+. The second-order valence-electron chi connectivity index (χ2n) is 3.45. The molecule has 0 aliphatic heterocycles. The van der Waals surface area contributed by atoms with E-state index in [1.54, 1.807) is 18.3 Å². The Morgan fingerprint density at radius 1 is 1.06 bits per heavy atom. The van der Waals surface area contributed by atoms with Crippen molar-refractivity contribution in [3.05, 3.63) is 70.3 Å². The van der Waals surface area contributed by atoms with Crippen molar-refractivity contribution in [2.75, 3.05) is 0 Å². The zero-order valence-electron chi connectivity index (χ0n) is 8.98. The number of hydrogen-bond donors (Lipinski definition) is 0. The molecule has 0 aliphatic rings. The van der Waals surface area contributed by atoms with Crippen molar-refractivity contribution < 1.29 is 4.92 Å². The van der Waals surface area contributed by atoms with Crippen LogP contribution in [0.4, 0.5) is 11.4 Å².